The molecule has 0 saturated carbocycles. The Hall–Kier alpha value is -0.880. The number of hydrogen-bond donors (Lipinski definition) is 0. The number of ketones is 1. The Morgan fingerprint density at radius 2 is 1.41 bits per heavy atom. The molecule has 0 radical (unpaired) electrons. The van der Waals surface area contributed by atoms with Crippen molar-refractivity contribution in [1.82, 2.24) is 4.98 Å². The minimum Gasteiger partial charge on any atom is -0.308 e. The number of pyridine rings is 1. The Labute approximate surface area is 161 Å². The van der Waals surface area contributed by atoms with Crippen LogP contribution in [0.5, 0.6) is 0 Å². The zero-order valence-electron chi connectivity index (χ0n) is 16.3. The van der Waals surface area contributed by atoms with Crippen molar-refractivity contribution in [2.45, 2.75) is 45.9 Å². The van der Waals surface area contributed by atoms with Crippen LogP contribution in [0.4, 0.5) is 0 Å². The third-order valence-electron chi connectivity index (χ3n) is 3.55. The monoisotopic (exact) mass is 421 g/mol. The van der Waals surface area contributed by atoms with E-state index < -0.39 is 20.6 Å². The van der Waals surface area contributed by atoms with Gasteiger partial charge in [-0.2, -0.15) is 0 Å². The van der Waals surface area contributed by atoms with Gasteiger partial charge in [-0.25, -0.2) is 0 Å². The highest BCUT2D eigenvalue weighted by atomic mass is 31.2. The van der Waals surface area contributed by atoms with Crippen molar-refractivity contribution in [1.29, 1.82) is 0 Å². The highest BCUT2D eigenvalue weighted by Gasteiger charge is 2.50. The van der Waals surface area contributed by atoms with Gasteiger partial charge in [0.05, 0.1) is 26.4 Å². The van der Waals surface area contributed by atoms with Crippen molar-refractivity contribution in [2.24, 2.45) is 0 Å². The molecule has 0 unspecified atom stereocenters. The number of carbonyl (C=O) groups is 1. The SMILES string of the molecule is CCOP(=O)(OCC)C(CCC(=O)c1ccccn1)P(=O)(OCC)OCC. The Morgan fingerprint density at radius 1 is 0.926 bits per heavy atom. The second-order valence-corrected chi connectivity index (χ2v) is 10.3. The lowest BCUT2D eigenvalue weighted by atomic mass is 10.1. The van der Waals surface area contributed by atoms with Gasteiger partial charge >= 0.3 is 15.2 Å². The van der Waals surface area contributed by atoms with Gasteiger partial charge in [0.15, 0.2) is 11.2 Å². The molecule has 154 valence electrons. The van der Waals surface area contributed by atoms with Gasteiger partial charge in [-0.05, 0) is 46.2 Å². The van der Waals surface area contributed by atoms with Crippen LogP contribution in [0.2, 0.25) is 0 Å². The van der Waals surface area contributed by atoms with E-state index in [1.807, 2.05) is 0 Å². The number of aromatic nitrogens is 1. The molecule has 0 aromatic carbocycles. The van der Waals surface area contributed by atoms with E-state index in [2.05, 4.69) is 4.98 Å². The Balaban J connectivity index is 3.17. The first-order valence-corrected chi connectivity index (χ1v) is 12.3. The summed E-state index contributed by atoms with van der Waals surface area (Å²) in [4.78, 5) is 16.4. The molecule has 0 spiro atoms. The molecule has 0 fully saturated rings. The van der Waals surface area contributed by atoms with Crippen molar-refractivity contribution >= 4 is 21.0 Å². The Morgan fingerprint density at radius 3 is 1.78 bits per heavy atom. The van der Waals surface area contributed by atoms with E-state index in [1.54, 1.807) is 45.9 Å². The molecule has 27 heavy (non-hydrogen) atoms. The molecule has 0 aliphatic heterocycles. The molecule has 0 amide bonds. The quantitative estimate of drug-likeness (QED) is 0.309. The first kappa shape index (κ1) is 24.2. The van der Waals surface area contributed by atoms with Crippen LogP contribution >= 0.6 is 15.2 Å². The minimum atomic E-state index is -3.84. The molecule has 1 aromatic heterocycles. The molecule has 1 aromatic rings. The highest BCUT2D eigenvalue weighted by Crippen LogP contribution is 2.71. The van der Waals surface area contributed by atoms with Crippen LogP contribution in [0.3, 0.4) is 0 Å². The third kappa shape index (κ3) is 6.90. The summed E-state index contributed by atoms with van der Waals surface area (Å²) in [5, 5.41) is -1.20. The van der Waals surface area contributed by atoms with E-state index in [4.69, 9.17) is 18.1 Å². The molecule has 8 nitrogen and oxygen atoms in total. The number of rotatable bonds is 14. The molecular formula is C17H29NO7P2. The molecule has 0 saturated heterocycles. The number of hydrogen-bond acceptors (Lipinski definition) is 8. The summed E-state index contributed by atoms with van der Waals surface area (Å²) in [6, 6.07) is 5.00. The molecular weight excluding hydrogens is 392 g/mol. The van der Waals surface area contributed by atoms with E-state index in [9.17, 15) is 13.9 Å². The van der Waals surface area contributed by atoms with Crippen LogP contribution in [0, 0.1) is 0 Å². The highest BCUT2D eigenvalue weighted by molar-refractivity contribution is 7.72. The van der Waals surface area contributed by atoms with Crippen molar-refractivity contribution in [3.05, 3.63) is 30.1 Å². The fourth-order valence-corrected chi connectivity index (χ4v) is 7.90. The van der Waals surface area contributed by atoms with Crippen LogP contribution in [0.1, 0.15) is 51.0 Å². The van der Waals surface area contributed by atoms with Crippen molar-refractivity contribution in [3.8, 4) is 0 Å². The minimum absolute atomic E-state index is 0.0377. The largest absolute Gasteiger partial charge is 0.345 e. The lowest BCUT2D eigenvalue weighted by Crippen LogP contribution is -2.19. The van der Waals surface area contributed by atoms with Gasteiger partial charge in [-0.15, -0.1) is 0 Å². The average Bonchev–Trinajstić information content (AvgIpc) is 2.63. The summed E-state index contributed by atoms with van der Waals surface area (Å²) in [6.45, 7) is 7.03. The number of nitrogens with zero attached hydrogens (tertiary/aromatic N) is 1. The van der Waals surface area contributed by atoms with Crippen LogP contribution < -0.4 is 0 Å². The van der Waals surface area contributed by atoms with Crippen LogP contribution in [0.15, 0.2) is 24.4 Å². The predicted molar refractivity (Wildman–Crippen MR) is 103 cm³/mol. The summed E-state index contributed by atoms with van der Waals surface area (Å²) >= 11 is 0. The summed E-state index contributed by atoms with van der Waals surface area (Å²) in [7, 11) is -7.69. The van der Waals surface area contributed by atoms with Gasteiger partial charge in [0.1, 0.15) is 5.69 Å². The molecule has 0 N–H and O–H groups in total. The van der Waals surface area contributed by atoms with E-state index in [0.29, 0.717) is 0 Å². The lowest BCUT2D eigenvalue weighted by Gasteiger charge is -2.31. The second-order valence-electron chi connectivity index (χ2n) is 5.41. The normalized spacial score (nSPS) is 12.5. The fraction of sp³-hybridized carbons (Fsp3) is 0.647. The summed E-state index contributed by atoms with van der Waals surface area (Å²) in [6.07, 6.45) is 1.43. The summed E-state index contributed by atoms with van der Waals surface area (Å²) in [5.74, 6) is -0.264. The second kappa shape index (κ2) is 11.8. The van der Waals surface area contributed by atoms with Gasteiger partial charge in [0, 0.05) is 12.6 Å². The summed E-state index contributed by atoms with van der Waals surface area (Å²) in [5.41, 5.74) is 0.279. The number of Topliss-reactive ketones (excluding diaryl/α,β-unsaturated/α-hetero) is 1. The third-order valence-corrected chi connectivity index (χ3v) is 9.69. The lowest BCUT2D eigenvalue weighted by molar-refractivity contribution is 0.0975. The molecule has 1 rings (SSSR count). The zero-order valence-corrected chi connectivity index (χ0v) is 18.1. The van der Waals surface area contributed by atoms with Crippen molar-refractivity contribution < 1.29 is 32.0 Å². The first-order valence-electron chi connectivity index (χ1n) is 9.08. The maximum atomic E-state index is 13.4. The van der Waals surface area contributed by atoms with Gasteiger partial charge < -0.3 is 18.1 Å². The van der Waals surface area contributed by atoms with E-state index in [0.717, 1.165) is 0 Å². The van der Waals surface area contributed by atoms with E-state index in [1.165, 1.54) is 6.20 Å². The fourth-order valence-electron chi connectivity index (χ4n) is 2.54. The molecule has 0 aliphatic rings. The maximum absolute atomic E-state index is 13.4. The van der Waals surface area contributed by atoms with Crippen LogP contribution in [-0.2, 0) is 27.2 Å². The smallest absolute Gasteiger partial charge is 0.308 e. The van der Waals surface area contributed by atoms with Gasteiger partial charge in [0.2, 0.25) is 0 Å². The zero-order chi connectivity index (χ0) is 20.3. The van der Waals surface area contributed by atoms with E-state index >= 15 is 0 Å². The Bertz CT molecular complexity index is 619. The van der Waals surface area contributed by atoms with Crippen LogP contribution in [0.25, 0.3) is 0 Å². The van der Waals surface area contributed by atoms with Gasteiger partial charge in [-0.3, -0.25) is 18.9 Å². The van der Waals surface area contributed by atoms with Gasteiger partial charge in [0.25, 0.3) is 0 Å². The molecule has 0 atom stereocenters. The topological polar surface area (TPSA) is 101 Å². The Kier molecular flexibility index (Phi) is 10.6. The van der Waals surface area contributed by atoms with Crippen molar-refractivity contribution in [2.75, 3.05) is 26.4 Å². The van der Waals surface area contributed by atoms with E-state index in [-0.39, 0.29) is 50.7 Å². The van der Waals surface area contributed by atoms with Gasteiger partial charge in [-0.1, -0.05) is 6.07 Å². The molecule has 1 heterocycles. The molecule has 10 heteroatoms. The van der Waals surface area contributed by atoms with Crippen molar-refractivity contribution in [3.63, 3.8) is 0 Å². The summed E-state index contributed by atoms with van der Waals surface area (Å²) < 4.78 is 48.2. The average molecular weight is 421 g/mol. The number of carbonyl (C=O) groups excluding carboxylic acids is 1. The van der Waals surface area contributed by atoms with Crippen LogP contribution in [-0.4, -0.2) is 42.6 Å². The first-order chi connectivity index (χ1) is 12.9. The maximum Gasteiger partial charge on any atom is 0.345 e. The predicted octanol–water partition coefficient (Wildman–Crippen LogP) is 4.90. The molecule has 0 bridgehead atoms. The molecule has 0 aliphatic carbocycles. The standard InChI is InChI=1S/C17H29NO7P2/c1-5-22-26(20,23-6-2)17(27(21,24-7-3)25-8-4)13-12-16(19)15-11-9-10-14-18-15/h9-11,14,17H,5-8,12-13H2,1-4H3.